The van der Waals surface area contributed by atoms with Crippen molar-refractivity contribution in [2.24, 2.45) is 7.05 Å². The lowest BCUT2D eigenvalue weighted by atomic mass is 10.2. The Morgan fingerprint density at radius 2 is 1.92 bits per heavy atom. The van der Waals surface area contributed by atoms with Gasteiger partial charge in [-0.3, -0.25) is 10.1 Å². The van der Waals surface area contributed by atoms with E-state index < -0.39 is 17.1 Å². The number of hydrogen-bond donors (Lipinski definition) is 1. The van der Waals surface area contributed by atoms with E-state index in [1.54, 1.807) is 11.6 Å². The predicted molar refractivity (Wildman–Crippen MR) is 90.7 cm³/mol. The minimum absolute atomic E-state index is 0.0539. The number of carbonyl (C=O) groups is 1. The topological polar surface area (TPSA) is 85.6 Å². The van der Waals surface area contributed by atoms with E-state index in [0.717, 1.165) is 17.3 Å². The molecule has 0 aliphatic heterocycles. The number of alkyl halides is 3. The molecule has 2 heterocycles. The number of aromatic nitrogens is 5. The Morgan fingerprint density at radius 3 is 2.58 bits per heavy atom. The van der Waals surface area contributed by atoms with Crippen LogP contribution in [0.4, 0.5) is 18.3 Å². The SMILES string of the molecule is Cn1c(SCC(=O)Nc2nnc(C(F)(F)F)s2)nnc1-c1ccccc1. The van der Waals surface area contributed by atoms with Crippen LogP contribution in [0.15, 0.2) is 35.5 Å². The first-order chi connectivity index (χ1) is 12.3. The second-order valence-electron chi connectivity index (χ2n) is 4.98. The molecule has 0 atom stereocenters. The summed E-state index contributed by atoms with van der Waals surface area (Å²) in [5.41, 5.74) is 0.882. The first-order valence-electron chi connectivity index (χ1n) is 7.13. The van der Waals surface area contributed by atoms with Gasteiger partial charge < -0.3 is 4.57 Å². The highest BCUT2D eigenvalue weighted by atomic mass is 32.2. The number of benzene rings is 1. The molecule has 1 aromatic carbocycles. The molecule has 0 saturated heterocycles. The summed E-state index contributed by atoms with van der Waals surface area (Å²) in [5.74, 6) is 0.0819. The highest BCUT2D eigenvalue weighted by Crippen LogP contribution is 2.33. The minimum atomic E-state index is -4.58. The highest BCUT2D eigenvalue weighted by molar-refractivity contribution is 7.99. The third kappa shape index (κ3) is 4.19. The number of hydrogen-bond acceptors (Lipinski definition) is 7. The Bertz CT molecular complexity index is 909. The van der Waals surface area contributed by atoms with E-state index in [4.69, 9.17) is 0 Å². The fraction of sp³-hybridized carbons (Fsp3) is 0.214. The third-order valence-electron chi connectivity index (χ3n) is 3.11. The first kappa shape index (κ1) is 18.3. The van der Waals surface area contributed by atoms with Crippen LogP contribution in [0.2, 0.25) is 0 Å². The largest absolute Gasteiger partial charge is 0.445 e. The van der Waals surface area contributed by atoms with Crippen LogP contribution < -0.4 is 5.32 Å². The van der Waals surface area contributed by atoms with Gasteiger partial charge >= 0.3 is 6.18 Å². The third-order valence-corrected chi connectivity index (χ3v) is 5.02. The van der Waals surface area contributed by atoms with Crippen molar-refractivity contribution in [2.75, 3.05) is 11.1 Å². The van der Waals surface area contributed by atoms with Gasteiger partial charge in [0.2, 0.25) is 16.0 Å². The summed E-state index contributed by atoms with van der Waals surface area (Å²) in [6.45, 7) is 0. The Hall–Kier alpha value is -2.47. The molecular formula is C14H11F3N6OS2. The van der Waals surface area contributed by atoms with Crippen molar-refractivity contribution >= 4 is 34.1 Å². The van der Waals surface area contributed by atoms with E-state index in [0.29, 0.717) is 11.0 Å². The molecular weight excluding hydrogens is 389 g/mol. The van der Waals surface area contributed by atoms with Gasteiger partial charge in [-0.2, -0.15) is 13.2 Å². The van der Waals surface area contributed by atoms with Crippen molar-refractivity contribution in [3.05, 3.63) is 35.3 Å². The van der Waals surface area contributed by atoms with Gasteiger partial charge in [-0.1, -0.05) is 53.4 Å². The highest BCUT2D eigenvalue weighted by Gasteiger charge is 2.35. The van der Waals surface area contributed by atoms with Crippen LogP contribution in [0.1, 0.15) is 5.01 Å². The smallest absolute Gasteiger partial charge is 0.305 e. The Balaban J connectivity index is 1.60. The average molecular weight is 400 g/mol. The van der Waals surface area contributed by atoms with Crippen LogP contribution >= 0.6 is 23.1 Å². The summed E-state index contributed by atoms with van der Waals surface area (Å²) in [6, 6.07) is 9.42. The normalized spacial score (nSPS) is 11.5. The molecule has 0 aliphatic rings. The lowest BCUT2D eigenvalue weighted by Gasteiger charge is -2.04. The quantitative estimate of drug-likeness (QED) is 0.663. The molecule has 0 bridgehead atoms. The molecule has 0 saturated carbocycles. The molecule has 0 unspecified atom stereocenters. The number of anilines is 1. The minimum Gasteiger partial charge on any atom is -0.305 e. The molecule has 0 fully saturated rings. The van der Waals surface area contributed by atoms with Gasteiger partial charge in [0.1, 0.15) is 0 Å². The van der Waals surface area contributed by atoms with E-state index in [-0.39, 0.29) is 22.2 Å². The van der Waals surface area contributed by atoms with Crippen molar-refractivity contribution in [3.63, 3.8) is 0 Å². The molecule has 0 radical (unpaired) electrons. The van der Waals surface area contributed by atoms with Gasteiger partial charge in [-0.15, -0.1) is 20.4 Å². The summed E-state index contributed by atoms with van der Waals surface area (Å²) in [6.07, 6.45) is -4.58. The summed E-state index contributed by atoms with van der Waals surface area (Å²) in [4.78, 5) is 11.9. The van der Waals surface area contributed by atoms with E-state index in [1.165, 1.54) is 0 Å². The second kappa shape index (κ2) is 7.41. The molecule has 12 heteroatoms. The lowest BCUT2D eigenvalue weighted by molar-refractivity contribution is -0.138. The van der Waals surface area contributed by atoms with Crippen LogP contribution in [0.25, 0.3) is 11.4 Å². The lowest BCUT2D eigenvalue weighted by Crippen LogP contribution is -2.14. The predicted octanol–water partition coefficient (Wildman–Crippen LogP) is 3.08. The second-order valence-corrected chi connectivity index (χ2v) is 6.90. The van der Waals surface area contributed by atoms with Crippen LogP contribution in [-0.4, -0.2) is 36.6 Å². The standard InChI is InChI=1S/C14H11F3N6OS2/c1-23-10(8-5-3-2-4-6-8)19-22-13(23)25-7-9(24)18-12-21-20-11(26-12)14(15,16)17/h2-6H,7H2,1H3,(H,18,21,24). The molecule has 136 valence electrons. The van der Waals surface area contributed by atoms with Crippen LogP contribution in [0.3, 0.4) is 0 Å². The van der Waals surface area contributed by atoms with Gasteiger partial charge in [0.05, 0.1) is 5.75 Å². The molecule has 1 amide bonds. The molecule has 26 heavy (non-hydrogen) atoms. The average Bonchev–Trinajstić information content (AvgIpc) is 3.20. The monoisotopic (exact) mass is 400 g/mol. The molecule has 0 aliphatic carbocycles. The Kier molecular flexibility index (Phi) is 5.23. The zero-order valence-electron chi connectivity index (χ0n) is 13.2. The number of carbonyl (C=O) groups excluding carboxylic acids is 1. The maximum atomic E-state index is 12.5. The zero-order chi connectivity index (χ0) is 18.7. The molecule has 3 rings (SSSR count). The van der Waals surface area contributed by atoms with Crippen LogP contribution in [0, 0.1) is 0 Å². The molecule has 1 N–H and O–H groups in total. The summed E-state index contributed by atoms with van der Waals surface area (Å²) >= 11 is 1.39. The maximum absolute atomic E-state index is 12.5. The summed E-state index contributed by atoms with van der Waals surface area (Å²) < 4.78 is 39.1. The van der Waals surface area contributed by atoms with E-state index in [1.807, 2.05) is 30.3 Å². The van der Waals surface area contributed by atoms with E-state index in [2.05, 4.69) is 25.7 Å². The van der Waals surface area contributed by atoms with Gasteiger partial charge in [0.25, 0.3) is 0 Å². The van der Waals surface area contributed by atoms with Crippen molar-refractivity contribution in [1.29, 1.82) is 0 Å². The van der Waals surface area contributed by atoms with Gasteiger partial charge in [0.15, 0.2) is 11.0 Å². The Labute approximate surface area is 153 Å². The molecule has 7 nitrogen and oxygen atoms in total. The van der Waals surface area contributed by atoms with Gasteiger partial charge in [0, 0.05) is 12.6 Å². The van der Waals surface area contributed by atoms with Crippen LogP contribution in [-0.2, 0) is 18.0 Å². The molecule has 0 spiro atoms. The number of nitrogens with zero attached hydrogens (tertiary/aromatic N) is 5. The fourth-order valence-electron chi connectivity index (χ4n) is 1.95. The fourth-order valence-corrected chi connectivity index (χ4v) is 3.29. The number of halogens is 3. The maximum Gasteiger partial charge on any atom is 0.445 e. The molecule has 2 aromatic heterocycles. The number of thioether (sulfide) groups is 1. The molecule has 3 aromatic rings. The van der Waals surface area contributed by atoms with Crippen molar-refractivity contribution in [2.45, 2.75) is 11.3 Å². The summed E-state index contributed by atoms with van der Waals surface area (Å²) in [7, 11) is 1.77. The van der Waals surface area contributed by atoms with Crippen molar-refractivity contribution in [3.8, 4) is 11.4 Å². The van der Waals surface area contributed by atoms with Crippen molar-refractivity contribution < 1.29 is 18.0 Å². The van der Waals surface area contributed by atoms with Gasteiger partial charge in [-0.25, -0.2) is 0 Å². The Morgan fingerprint density at radius 1 is 1.19 bits per heavy atom. The van der Waals surface area contributed by atoms with E-state index in [9.17, 15) is 18.0 Å². The number of rotatable bonds is 5. The summed E-state index contributed by atoms with van der Waals surface area (Å²) in [5, 5.41) is 15.9. The van der Waals surface area contributed by atoms with Crippen molar-refractivity contribution in [1.82, 2.24) is 25.0 Å². The first-order valence-corrected chi connectivity index (χ1v) is 8.93. The van der Waals surface area contributed by atoms with Gasteiger partial charge in [-0.05, 0) is 0 Å². The van der Waals surface area contributed by atoms with Crippen LogP contribution in [0.5, 0.6) is 0 Å². The van der Waals surface area contributed by atoms with E-state index >= 15 is 0 Å². The zero-order valence-corrected chi connectivity index (χ0v) is 14.8. The number of amides is 1. The number of nitrogens with one attached hydrogen (secondary N) is 1.